The molecule has 136 valence electrons. The Labute approximate surface area is 147 Å². The number of ether oxygens (including phenoxy) is 1. The van der Waals surface area contributed by atoms with Crippen LogP contribution in [0.3, 0.4) is 0 Å². The van der Waals surface area contributed by atoms with E-state index in [1.54, 1.807) is 29.2 Å². The largest absolute Gasteiger partial charge is 0.496 e. The highest BCUT2D eigenvalue weighted by Crippen LogP contribution is 2.28. The van der Waals surface area contributed by atoms with Crippen LogP contribution in [0.1, 0.15) is 13.8 Å². The summed E-state index contributed by atoms with van der Waals surface area (Å²) in [5.74, 6) is 0.635. The van der Waals surface area contributed by atoms with Gasteiger partial charge in [-0.05, 0) is 26.0 Å². The van der Waals surface area contributed by atoms with Gasteiger partial charge in [0.1, 0.15) is 12.3 Å². The number of hydrogen-bond donors (Lipinski definition) is 0. The van der Waals surface area contributed by atoms with E-state index in [9.17, 15) is 13.2 Å². The quantitative estimate of drug-likeness (QED) is 0.731. The molecule has 0 unspecified atom stereocenters. The van der Waals surface area contributed by atoms with Crippen molar-refractivity contribution in [3.63, 3.8) is 0 Å². The Morgan fingerprint density at radius 2 is 1.88 bits per heavy atom. The maximum atomic E-state index is 12.4. The molecule has 0 radical (unpaired) electrons. The predicted octanol–water partition coefficient (Wildman–Crippen LogP) is 1.23. The zero-order chi connectivity index (χ0) is 18.6. The lowest BCUT2D eigenvalue weighted by Gasteiger charge is -2.19. The van der Waals surface area contributed by atoms with Gasteiger partial charge >= 0.3 is 0 Å². The summed E-state index contributed by atoms with van der Waals surface area (Å²) in [5, 5.41) is 3.72. The first-order valence-corrected chi connectivity index (χ1v) is 9.77. The fourth-order valence-electron chi connectivity index (χ4n) is 2.42. The number of likely N-dealkylation sites (N-methyl/N-ethyl adjacent to an activating group) is 1. The van der Waals surface area contributed by atoms with Crippen LogP contribution in [0.4, 0.5) is 0 Å². The van der Waals surface area contributed by atoms with Crippen LogP contribution in [-0.2, 0) is 21.2 Å². The normalized spacial score (nSPS) is 11.4. The van der Waals surface area contributed by atoms with Crippen LogP contribution in [0.25, 0.3) is 11.4 Å². The van der Waals surface area contributed by atoms with Gasteiger partial charge in [-0.25, -0.2) is 13.1 Å². The van der Waals surface area contributed by atoms with E-state index in [0.29, 0.717) is 24.4 Å². The molecule has 0 aliphatic carbocycles. The van der Waals surface area contributed by atoms with Gasteiger partial charge in [-0.3, -0.25) is 4.79 Å². The smallest absolute Gasteiger partial charge is 0.267 e. The summed E-state index contributed by atoms with van der Waals surface area (Å²) < 4.78 is 30.3. The topological polar surface area (TPSA) is 94.4 Å². The maximum absolute atomic E-state index is 12.4. The van der Waals surface area contributed by atoms with Crippen molar-refractivity contribution in [3.8, 4) is 17.1 Å². The van der Waals surface area contributed by atoms with Crippen molar-refractivity contribution in [3.05, 3.63) is 24.3 Å². The molecule has 0 saturated heterocycles. The van der Waals surface area contributed by atoms with E-state index in [1.807, 2.05) is 13.8 Å². The summed E-state index contributed by atoms with van der Waals surface area (Å²) >= 11 is 0. The number of methoxy groups -OCH3 is 1. The lowest BCUT2D eigenvalue weighted by Crippen LogP contribution is -2.33. The Bertz CT molecular complexity index is 857. The lowest BCUT2D eigenvalue weighted by molar-refractivity contribution is -0.131. The van der Waals surface area contributed by atoms with Gasteiger partial charge < -0.3 is 9.64 Å². The van der Waals surface area contributed by atoms with Gasteiger partial charge in [0.2, 0.25) is 15.7 Å². The van der Waals surface area contributed by atoms with E-state index >= 15 is 0 Å². The molecule has 1 heterocycles. The second kappa shape index (κ2) is 7.64. The van der Waals surface area contributed by atoms with Crippen molar-refractivity contribution >= 4 is 15.7 Å². The average Bonchev–Trinajstić information content (AvgIpc) is 2.99. The third kappa shape index (κ3) is 4.16. The standard InChI is InChI=1S/C16H22N4O4S/c1-5-19(6-2)14(21)11-20-15(17-16(18-20)25(4,22)23)12-9-7-8-10-13(12)24-3/h7-10H,5-6,11H2,1-4H3. The third-order valence-corrected chi connectivity index (χ3v) is 4.57. The van der Waals surface area contributed by atoms with Gasteiger partial charge in [0.25, 0.3) is 5.16 Å². The van der Waals surface area contributed by atoms with Gasteiger partial charge in [0.05, 0.1) is 12.7 Å². The number of aromatic nitrogens is 3. The summed E-state index contributed by atoms with van der Waals surface area (Å²) in [5.41, 5.74) is 0.569. The van der Waals surface area contributed by atoms with Crippen LogP contribution >= 0.6 is 0 Å². The highest BCUT2D eigenvalue weighted by atomic mass is 32.2. The SMILES string of the molecule is CCN(CC)C(=O)Cn1nc(S(C)(=O)=O)nc1-c1ccccc1OC. The maximum Gasteiger partial charge on any atom is 0.267 e. The van der Waals surface area contributed by atoms with Crippen LogP contribution in [0.2, 0.25) is 0 Å². The van der Waals surface area contributed by atoms with E-state index in [-0.39, 0.29) is 23.4 Å². The first-order valence-electron chi connectivity index (χ1n) is 7.87. The molecule has 9 heteroatoms. The van der Waals surface area contributed by atoms with Gasteiger partial charge in [-0.15, -0.1) is 5.10 Å². The first kappa shape index (κ1) is 18.9. The molecule has 0 bridgehead atoms. The number of amides is 1. The van der Waals surface area contributed by atoms with Crippen molar-refractivity contribution < 1.29 is 17.9 Å². The van der Waals surface area contributed by atoms with Crippen molar-refractivity contribution in [1.82, 2.24) is 19.7 Å². The molecule has 0 aliphatic rings. The molecule has 0 saturated carbocycles. The zero-order valence-corrected chi connectivity index (χ0v) is 15.6. The second-order valence-corrected chi connectivity index (χ2v) is 7.32. The van der Waals surface area contributed by atoms with Gasteiger partial charge in [0.15, 0.2) is 5.82 Å². The van der Waals surface area contributed by atoms with E-state index in [2.05, 4.69) is 10.1 Å². The Balaban J connectivity index is 2.55. The number of rotatable bonds is 7. The molecular weight excluding hydrogens is 344 g/mol. The Morgan fingerprint density at radius 1 is 1.24 bits per heavy atom. The fourth-order valence-corrected chi connectivity index (χ4v) is 2.92. The molecule has 0 spiro atoms. The van der Waals surface area contributed by atoms with Gasteiger partial charge in [-0.1, -0.05) is 12.1 Å². The summed E-state index contributed by atoms with van der Waals surface area (Å²) in [7, 11) is -2.10. The van der Waals surface area contributed by atoms with Crippen LogP contribution in [0.5, 0.6) is 5.75 Å². The molecule has 25 heavy (non-hydrogen) atoms. The molecule has 2 aromatic rings. The van der Waals surface area contributed by atoms with Crippen LogP contribution in [-0.4, -0.2) is 60.4 Å². The predicted molar refractivity (Wildman–Crippen MR) is 93.0 cm³/mol. The minimum Gasteiger partial charge on any atom is -0.496 e. The van der Waals surface area contributed by atoms with Gasteiger partial charge in [-0.2, -0.15) is 4.98 Å². The first-order chi connectivity index (χ1) is 11.8. The lowest BCUT2D eigenvalue weighted by atomic mass is 10.2. The molecule has 0 aliphatic heterocycles. The Hall–Kier alpha value is -2.42. The number of carbonyl (C=O) groups excluding carboxylic acids is 1. The van der Waals surface area contributed by atoms with Crippen molar-refractivity contribution in [1.29, 1.82) is 0 Å². The van der Waals surface area contributed by atoms with E-state index in [0.717, 1.165) is 6.26 Å². The molecule has 0 atom stereocenters. The molecule has 0 fully saturated rings. The summed E-state index contributed by atoms with van der Waals surface area (Å²) in [6.07, 6.45) is 1.03. The number of nitrogens with zero attached hydrogens (tertiary/aromatic N) is 4. The zero-order valence-electron chi connectivity index (χ0n) is 14.8. The van der Waals surface area contributed by atoms with E-state index in [4.69, 9.17) is 4.74 Å². The molecule has 1 amide bonds. The molecule has 8 nitrogen and oxygen atoms in total. The van der Waals surface area contributed by atoms with Crippen LogP contribution in [0.15, 0.2) is 29.4 Å². The Kier molecular flexibility index (Phi) is 5.78. The number of para-hydroxylation sites is 1. The molecule has 2 rings (SSSR count). The van der Waals surface area contributed by atoms with Crippen LogP contribution in [0, 0.1) is 0 Å². The van der Waals surface area contributed by atoms with E-state index in [1.165, 1.54) is 11.8 Å². The van der Waals surface area contributed by atoms with Crippen LogP contribution < -0.4 is 4.74 Å². The number of hydrogen-bond acceptors (Lipinski definition) is 6. The van der Waals surface area contributed by atoms with Crippen molar-refractivity contribution in [2.75, 3.05) is 26.5 Å². The number of benzene rings is 1. The van der Waals surface area contributed by atoms with Crippen molar-refractivity contribution in [2.45, 2.75) is 25.5 Å². The van der Waals surface area contributed by atoms with E-state index < -0.39 is 9.84 Å². The molecule has 1 aromatic carbocycles. The summed E-state index contributed by atoms with van der Waals surface area (Å²) in [6, 6.07) is 7.05. The highest BCUT2D eigenvalue weighted by Gasteiger charge is 2.23. The minimum atomic E-state index is -3.61. The Morgan fingerprint density at radius 3 is 2.44 bits per heavy atom. The molecular formula is C16H22N4O4S. The summed E-state index contributed by atoms with van der Waals surface area (Å²) in [6.45, 7) is 4.79. The highest BCUT2D eigenvalue weighted by molar-refractivity contribution is 7.90. The number of carbonyl (C=O) groups is 1. The van der Waals surface area contributed by atoms with Gasteiger partial charge in [0, 0.05) is 19.3 Å². The van der Waals surface area contributed by atoms with Crippen molar-refractivity contribution in [2.24, 2.45) is 0 Å². The third-order valence-electron chi connectivity index (χ3n) is 3.73. The minimum absolute atomic E-state index is 0.0996. The second-order valence-electron chi connectivity index (χ2n) is 5.41. The molecule has 0 N–H and O–H groups in total. The summed E-state index contributed by atoms with van der Waals surface area (Å²) in [4.78, 5) is 18.2. The monoisotopic (exact) mass is 366 g/mol. The average molecular weight is 366 g/mol. The number of sulfone groups is 1. The molecule has 1 aromatic heterocycles. The fraction of sp³-hybridized carbons (Fsp3) is 0.438.